The van der Waals surface area contributed by atoms with E-state index in [1.165, 1.54) is 0 Å². The van der Waals surface area contributed by atoms with Gasteiger partial charge in [0, 0.05) is 12.6 Å². The van der Waals surface area contributed by atoms with E-state index in [0.717, 1.165) is 12.0 Å². The van der Waals surface area contributed by atoms with E-state index in [9.17, 15) is 33.9 Å². The molecule has 0 aliphatic carbocycles. The highest BCUT2D eigenvalue weighted by Gasteiger charge is 2.46. The molecule has 2 rings (SSSR count). The first-order valence-electron chi connectivity index (χ1n) is 12.4. The number of likely N-dealkylation sites (tertiary alicyclic amines) is 1. The van der Waals surface area contributed by atoms with Gasteiger partial charge in [-0.2, -0.15) is 0 Å². The van der Waals surface area contributed by atoms with Gasteiger partial charge in [0.2, 0.25) is 5.91 Å². The highest BCUT2D eigenvalue weighted by Crippen LogP contribution is 2.29. The number of primary amides is 1. The van der Waals surface area contributed by atoms with Gasteiger partial charge in [-0.05, 0) is 39.2 Å². The van der Waals surface area contributed by atoms with Crippen LogP contribution in [0, 0.1) is 5.92 Å². The van der Waals surface area contributed by atoms with Crippen LogP contribution in [0.3, 0.4) is 0 Å². The fourth-order valence-corrected chi connectivity index (χ4v) is 4.35. The van der Waals surface area contributed by atoms with Gasteiger partial charge in [0.1, 0.15) is 17.7 Å². The highest BCUT2D eigenvalue weighted by molar-refractivity contribution is 6.33. The summed E-state index contributed by atoms with van der Waals surface area (Å²) in [5.74, 6) is -8.02. The van der Waals surface area contributed by atoms with Crippen LogP contribution in [-0.2, 0) is 38.2 Å². The number of rotatable bonds is 10. The van der Waals surface area contributed by atoms with Crippen LogP contribution in [0.5, 0.6) is 0 Å². The number of amides is 3. The number of esters is 2. The van der Waals surface area contributed by atoms with Crippen LogP contribution in [0.4, 0.5) is 0 Å². The van der Waals surface area contributed by atoms with Gasteiger partial charge < -0.3 is 36.3 Å². The monoisotopic (exact) mass is 548 g/mol. The Morgan fingerprint density at radius 1 is 1.13 bits per heavy atom. The Balaban J connectivity index is 2.46. The second kappa shape index (κ2) is 13.3. The molecule has 0 radical (unpaired) electrons. The topological polar surface area (TPSA) is 208 Å². The van der Waals surface area contributed by atoms with Gasteiger partial charge >= 0.3 is 17.8 Å². The van der Waals surface area contributed by atoms with E-state index >= 15 is 0 Å². The lowest BCUT2D eigenvalue weighted by Crippen LogP contribution is -2.56. The lowest BCUT2D eigenvalue weighted by atomic mass is 9.81. The Morgan fingerprint density at radius 2 is 1.74 bits per heavy atom. The van der Waals surface area contributed by atoms with Crippen molar-refractivity contribution in [1.82, 2.24) is 10.2 Å². The minimum absolute atomic E-state index is 0.116. The molecule has 39 heavy (non-hydrogen) atoms. The maximum Gasteiger partial charge on any atom is 0.396 e. The van der Waals surface area contributed by atoms with E-state index in [-0.39, 0.29) is 13.0 Å². The fourth-order valence-electron chi connectivity index (χ4n) is 4.35. The molecule has 1 aromatic carbocycles. The quantitative estimate of drug-likeness (QED) is 0.209. The molecule has 1 fully saturated rings. The van der Waals surface area contributed by atoms with Gasteiger partial charge in [0.25, 0.3) is 5.91 Å². The molecule has 13 heteroatoms. The minimum Gasteiger partial charge on any atom is -0.462 e. The third-order valence-corrected chi connectivity index (χ3v) is 6.13. The maximum atomic E-state index is 13.7. The maximum absolute atomic E-state index is 13.7. The summed E-state index contributed by atoms with van der Waals surface area (Å²) in [7, 11) is 0.945. The zero-order chi connectivity index (χ0) is 29.5. The second-order valence-corrected chi connectivity index (χ2v) is 10.2. The first kappa shape index (κ1) is 31.4. The van der Waals surface area contributed by atoms with Crippen molar-refractivity contribution in [3.8, 4) is 0 Å². The Kier molecular flexibility index (Phi) is 10.7. The Bertz CT molecular complexity index is 1090. The average molecular weight is 549 g/mol. The predicted molar refractivity (Wildman–Crippen MR) is 136 cm³/mol. The van der Waals surface area contributed by atoms with Crippen LogP contribution < -0.4 is 16.8 Å². The Hall–Kier alpha value is -3.84. The van der Waals surface area contributed by atoms with Gasteiger partial charge in [-0.3, -0.25) is 19.2 Å². The highest BCUT2D eigenvalue weighted by atomic mass is 16.6. The van der Waals surface area contributed by atoms with E-state index in [4.69, 9.17) is 16.2 Å². The first-order chi connectivity index (χ1) is 18.2. The Morgan fingerprint density at radius 3 is 2.28 bits per heavy atom. The number of nitrogens with zero attached hydrogens (tertiary/aromatic N) is 1. The molecule has 0 saturated carbocycles. The van der Waals surface area contributed by atoms with Gasteiger partial charge in [0.05, 0.1) is 25.5 Å². The summed E-state index contributed by atoms with van der Waals surface area (Å²) in [6.07, 6.45) is -2.09. The number of aliphatic hydroxyl groups excluding tert-OH is 1. The standard InChI is InChI=1S/C26H36N4O9/c1-26(2,3)39-24(36)16-11-8-12-30(16)23(35)21(33)18(19(28)14-9-6-5-7-10-14)20(32)15(13-17(27)31)29-22(34)25(37)38-4/h5-7,9-10,15-16,18-19,21,33H,8,11-13,28H2,1-4H3,(H2,27,31)(H,29,34)/t15-,16-,18+,19?,21?/m0/s1. The molecule has 214 valence electrons. The molecule has 13 nitrogen and oxygen atoms in total. The number of methoxy groups -OCH3 is 1. The lowest BCUT2D eigenvalue weighted by molar-refractivity contribution is -0.166. The Labute approximate surface area is 226 Å². The van der Waals surface area contributed by atoms with Gasteiger partial charge in [-0.1, -0.05) is 30.3 Å². The molecule has 1 aliphatic rings. The number of ketones is 1. The molecular weight excluding hydrogens is 512 g/mol. The zero-order valence-electron chi connectivity index (χ0n) is 22.4. The van der Waals surface area contributed by atoms with Crippen LogP contribution in [0.25, 0.3) is 0 Å². The third-order valence-electron chi connectivity index (χ3n) is 6.13. The van der Waals surface area contributed by atoms with Crippen molar-refractivity contribution in [1.29, 1.82) is 0 Å². The number of carbonyl (C=O) groups is 6. The molecule has 1 heterocycles. The zero-order valence-corrected chi connectivity index (χ0v) is 22.4. The summed E-state index contributed by atoms with van der Waals surface area (Å²) < 4.78 is 9.76. The van der Waals surface area contributed by atoms with Crippen LogP contribution in [0.1, 0.15) is 51.6 Å². The summed E-state index contributed by atoms with van der Waals surface area (Å²) in [6.45, 7) is 5.15. The van der Waals surface area contributed by atoms with Crippen molar-refractivity contribution in [2.24, 2.45) is 17.4 Å². The molecular formula is C26H36N4O9. The normalized spacial score (nSPS) is 18.3. The molecule has 0 spiro atoms. The van der Waals surface area contributed by atoms with Gasteiger partial charge in [0.15, 0.2) is 5.78 Å². The van der Waals surface area contributed by atoms with Crippen molar-refractivity contribution < 1.29 is 43.3 Å². The van der Waals surface area contributed by atoms with Crippen molar-refractivity contribution >= 4 is 35.4 Å². The van der Waals surface area contributed by atoms with Crippen molar-refractivity contribution in [2.75, 3.05) is 13.7 Å². The lowest BCUT2D eigenvalue weighted by Gasteiger charge is -2.34. The summed E-state index contributed by atoms with van der Waals surface area (Å²) in [4.78, 5) is 76.7. The van der Waals surface area contributed by atoms with E-state index < -0.39 is 77.6 Å². The van der Waals surface area contributed by atoms with Crippen molar-refractivity contribution in [3.63, 3.8) is 0 Å². The predicted octanol–water partition coefficient (Wildman–Crippen LogP) is -0.901. The largest absolute Gasteiger partial charge is 0.462 e. The SMILES string of the molecule is COC(=O)C(=O)N[C@@H](CC(N)=O)C(=O)[C@H](C(O)C(=O)N1CCC[C@H]1C(=O)OC(C)(C)C)C(N)c1ccccc1. The first-order valence-corrected chi connectivity index (χ1v) is 12.4. The molecule has 2 unspecified atom stereocenters. The number of ether oxygens (including phenoxy) is 2. The molecule has 1 aliphatic heterocycles. The second-order valence-electron chi connectivity index (χ2n) is 10.2. The van der Waals surface area contributed by atoms with E-state index in [1.54, 1.807) is 51.1 Å². The van der Waals surface area contributed by atoms with Crippen molar-refractivity contribution in [3.05, 3.63) is 35.9 Å². The smallest absolute Gasteiger partial charge is 0.396 e. The molecule has 0 bridgehead atoms. The molecule has 3 amide bonds. The van der Waals surface area contributed by atoms with E-state index in [1.807, 2.05) is 0 Å². The number of benzene rings is 1. The fraction of sp³-hybridized carbons (Fsp3) is 0.538. The van der Waals surface area contributed by atoms with Crippen LogP contribution in [-0.4, -0.2) is 82.9 Å². The molecule has 5 atom stereocenters. The molecule has 6 N–H and O–H groups in total. The summed E-state index contributed by atoms with van der Waals surface area (Å²) in [6, 6.07) is 4.09. The number of aliphatic hydroxyl groups is 1. The summed E-state index contributed by atoms with van der Waals surface area (Å²) in [5, 5.41) is 13.4. The van der Waals surface area contributed by atoms with Crippen LogP contribution in [0.15, 0.2) is 30.3 Å². The van der Waals surface area contributed by atoms with E-state index in [2.05, 4.69) is 10.1 Å². The molecule has 1 saturated heterocycles. The summed E-state index contributed by atoms with van der Waals surface area (Å²) in [5.41, 5.74) is 11.2. The number of carbonyl (C=O) groups excluding carboxylic acids is 6. The number of hydrogen-bond donors (Lipinski definition) is 4. The number of Topliss-reactive ketones (excluding diaryl/α,β-unsaturated/α-hetero) is 1. The average Bonchev–Trinajstić information content (AvgIpc) is 3.36. The van der Waals surface area contributed by atoms with Gasteiger partial charge in [-0.15, -0.1) is 0 Å². The number of nitrogens with two attached hydrogens (primary N) is 2. The van der Waals surface area contributed by atoms with Gasteiger partial charge in [-0.25, -0.2) is 9.59 Å². The molecule has 0 aromatic heterocycles. The van der Waals surface area contributed by atoms with Crippen LogP contribution >= 0.6 is 0 Å². The summed E-state index contributed by atoms with van der Waals surface area (Å²) >= 11 is 0. The molecule has 1 aromatic rings. The number of hydrogen-bond acceptors (Lipinski definition) is 10. The van der Waals surface area contributed by atoms with Crippen molar-refractivity contribution in [2.45, 2.75) is 69.9 Å². The van der Waals surface area contributed by atoms with Crippen LogP contribution in [0.2, 0.25) is 0 Å². The minimum atomic E-state index is -2.08. The number of nitrogens with one attached hydrogen (secondary N) is 1. The third kappa shape index (κ3) is 8.32. The van der Waals surface area contributed by atoms with E-state index in [0.29, 0.717) is 12.0 Å².